The minimum atomic E-state index is -1.26. The molecule has 3 rings (SSSR count). The van der Waals surface area contributed by atoms with E-state index in [1.807, 2.05) is 0 Å². The first-order chi connectivity index (χ1) is 14.3. The average molecular weight is 409 g/mol. The summed E-state index contributed by atoms with van der Waals surface area (Å²) in [4.78, 5) is 28.7. The highest BCUT2D eigenvalue weighted by molar-refractivity contribution is 5.89. The number of nitrogens with zero attached hydrogens (tertiary/aromatic N) is 3. The van der Waals surface area contributed by atoms with Crippen LogP contribution in [0.15, 0.2) is 71.7 Å². The SMILES string of the molecule is CN(C)CC1=NC(c2ccccc2)c2ccccc2CN1C.O=C(O)/C=C/C(=O)O. The van der Waals surface area contributed by atoms with Gasteiger partial charge in [0.2, 0.25) is 0 Å². The Labute approximate surface area is 176 Å². The summed E-state index contributed by atoms with van der Waals surface area (Å²) in [6.07, 6.45) is 1.12. The fraction of sp³-hybridized carbons (Fsp3) is 0.261. The zero-order valence-corrected chi connectivity index (χ0v) is 17.4. The summed E-state index contributed by atoms with van der Waals surface area (Å²) >= 11 is 0. The molecule has 0 aliphatic carbocycles. The molecule has 1 aliphatic heterocycles. The zero-order chi connectivity index (χ0) is 22.1. The van der Waals surface area contributed by atoms with Gasteiger partial charge in [0.1, 0.15) is 11.9 Å². The van der Waals surface area contributed by atoms with Crippen molar-refractivity contribution in [3.63, 3.8) is 0 Å². The first kappa shape index (κ1) is 22.8. The molecule has 7 nitrogen and oxygen atoms in total. The number of likely N-dealkylation sites (N-methyl/N-ethyl adjacent to an activating group) is 2. The first-order valence-corrected chi connectivity index (χ1v) is 9.47. The number of carbonyl (C=O) groups is 2. The van der Waals surface area contributed by atoms with E-state index < -0.39 is 11.9 Å². The minimum absolute atomic E-state index is 0.0808. The van der Waals surface area contributed by atoms with Gasteiger partial charge in [0, 0.05) is 25.7 Å². The van der Waals surface area contributed by atoms with Gasteiger partial charge in [-0.25, -0.2) is 9.59 Å². The molecule has 2 aromatic carbocycles. The van der Waals surface area contributed by atoms with Crippen LogP contribution < -0.4 is 0 Å². The second kappa shape index (κ2) is 10.9. The molecule has 0 bridgehead atoms. The van der Waals surface area contributed by atoms with E-state index in [1.54, 1.807) is 0 Å². The molecule has 0 aromatic heterocycles. The number of aliphatic carboxylic acids is 2. The maximum absolute atomic E-state index is 9.55. The van der Waals surface area contributed by atoms with Gasteiger partial charge in [-0.15, -0.1) is 0 Å². The summed E-state index contributed by atoms with van der Waals surface area (Å²) in [5, 5.41) is 15.6. The Kier molecular flexibility index (Phi) is 8.31. The van der Waals surface area contributed by atoms with Gasteiger partial charge in [-0.3, -0.25) is 4.99 Å². The van der Waals surface area contributed by atoms with Crippen LogP contribution in [0.25, 0.3) is 0 Å². The molecular weight excluding hydrogens is 382 g/mol. The molecule has 30 heavy (non-hydrogen) atoms. The lowest BCUT2D eigenvalue weighted by atomic mass is 9.95. The third-order valence-electron chi connectivity index (χ3n) is 4.42. The largest absolute Gasteiger partial charge is 0.478 e. The molecule has 7 heteroatoms. The predicted octanol–water partition coefficient (Wildman–Crippen LogP) is 2.89. The van der Waals surface area contributed by atoms with Crippen LogP contribution in [0.2, 0.25) is 0 Å². The van der Waals surface area contributed by atoms with E-state index in [9.17, 15) is 9.59 Å². The fourth-order valence-electron chi connectivity index (χ4n) is 3.09. The van der Waals surface area contributed by atoms with E-state index in [4.69, 9.17) is 15.2 Å². The minimum Gasteiger partial charge on any atom is -0.478 e. The number of carboxylic acids is 2. The number of fused-ring (bicyclic) bond motifs is 1. The quantitative estimate of drug-likeness (QED) is 0.738. The van der Waals surface area contributed by atoms with Gasteiger partial charge in [0.15, 0.2) is 0 Å². The Bertz CT molecular complexity index is 907. The zero-order valence-electron chi connectivity index (χ0n) is 17.4. The van der Waals surface area contributed by atoms with Gasteiger partial charge in [-0.1, -0.05) is 54.6 Å². The van der Waals surface area contributed by atoms with E-state index in [2.05, 4.69) is 85.5 Å². The van der Waals surface area contributed by atoms with Crippen LogP contribution in [0.4, 0.5) is 0 Å². The third kappa shape index (κ3) is 6.86. The van der Waals surface area contributed by atoms with Crippen molar-refractivity contribution in [2.45, 2.75) is 12.6 Å². The highest BCUT2D eigenvalue weighted by Gasteiger charge is 2.23. The highest BCUT2D eigenvalue weighted by atomic mass is 16.4. The molecule has 0 radical (unpaired) electrons. The molecule has 0 saturated carbocycles. The van der Waals surface area contributed by atoms with Gasteiger partial charge in [-0.2, -0.15) is 0 Å². The van der Waals surface area contributed by atoms with Crippen molar-refractivity contribution in [1.29, 1.82) is 0 Å². The summed E-state index contributed by atoms with van der Waals surface area (Å²) in [5.41, 5.74) is 3.92. The molecule has 2 N–H and O–H groups in total. The van der Waals surface area contributed by atoms with Crippen molar-refractivity contribution in [1.82, 2.24) is 9.80 Å². The summed E-state index contributed by atoms with van der Waals surface area (Å²) in [6, 6.07) is 19.3. The summed E-state index contributed by atoms with van der Waals surface area (Å²) in [5.74, 6) is -1.38. The lowest BCUT2D eigenvalue weighted by Gasteiger charge is -2.22. The normalized spacial score (nSPS) is 15.7. The molecule has 0 amide bonds. The van der Waals surface area contributed by atoms with Gasteiger partial charge < -0.3 is 20.0 Å². The Morgan fingerprint density at radius 3 is 2.17 bits per heavy atom. The Morgan fingerprint density at radius 2 is 1.60 bits per heavy atom. The number of hydrogen-bond donors (Lipinski definition) is 2. The van der Waals surface area contributed by atoms with Crippen LogP contribution in [0.3, 0.4) is 0 Å². The van der Waals surface area contributed by atoms with Gasteiger partial charge in [0.25, 0.3) is 0 Å². The van der Waals surface area contributed by atoms with Crippen LogP contribution in [0.1, 0.15) is 22.7 Å². The van der Waals surface area contributed by atoms with E-state index in [1.165, 1.54) is 16.7 Å². The first-order valence-electron chi connectivity index (χ1n) is 9.47. The lowest BCUT2D eigenvalue weighted by Crippen LogP contribution is -2.34. The van der Waals surface area contributed by atoms with E-state index in [0.717, 1.165) is 18.9 Å². The van der Waals surface area contributed by atoms with Crippen LogP contribution in [0.5, 0.6) is 0 Å². The molecule has 1 unspecified atom stereocenters. The van der Waals surface area contributed by atoms with E-state index in [-0.39, 0.29) is 6.04 Å². The van der Waals surface area contributed by atoms with Crippen LogP contribution >= 0.6 is 0 Å². The monoisotopic (exact) mass is 409 g/mol. The summed E-state index contributed by atoms with van der Waals surface area (Å²) < 4.78 is 0. The van der Waals surface area contributed by atoms with Gasteiger partial charge in [-0.05, 0) is 30.8 Å². The topological polar surface area (TPSA) is 93.4 Å². The molecule has 0 saturated heterocycles. The molecular formula is C23H27N3O4. The Balaban J connectivity index is 0.000000343. The number of carboxylic acid groups (broad SMARTS) is 2. The molecule has 1 aliphatic rings. The maximum Gasteiger partial charge on any atom is 0.328 e. The predicted molar refractivity (Wildman–Crippen MR) is 117 cm³/mol. The molecule has 1 atom stereocenters. The van der Waals surface area contributed by atoms with Crippen LogP contribution in [-0.2, 0) is 16.1 Å². The second-order valence-corrected chi connectivity index (χ2v) is 7.16. The van der Waals surface area contributed by atoms with Crippen molar-refractivity contribution in [3.8, 4) is 0 Å². The lowest BCUT2D eigenvalue weighted by molar-refractivity contribution is -0.134. The van der Waals surface area contributed by atoms with Gasteiger partial charge in [0.05, 0.1) is 6.54 Å². The van der Waals surface area contributed by atoms with Crippen LogP contribution in [-0.4, -0.2) is 65.5 Å². The molecule has 0 spiro atoms. The van der Waals surface area contributed by atoms with Crippen LogP contribution in [0, 0.1) is 0 Å². The van der Waals surface area contributed by atoms with Crippen molar-refractivity contribution < 1.29 is 19.8 Å². The van der Waals surface area contributed by atoms with E-state index >= 15 is 0 Å². The second-order valence-electron chi connectivity index (χ2n) is 7.16. The molecule has 158 valence electrons. The van der Waals surface area contributed by atoms with E-state index in [0.29, 0.717) is 12.2 Å². The number of amidine groups is 1. The Morgan fingerprint density at radius 1 is 1.03 bits per heavy atom. The standard InChI is InChI=1S/C19H23N3.C4H4O4/c1-21(2)14-18-20-19(15-9-5-4-6-10-15)17-12-8-7-11-16(17)13-22(18)3;5-3(6)1-2-4(7)8/h4-12,19H,13-14H2,1-3H3;1-2H,(H,5,6)(H,7,8)/b;2-1+. The highest BCUT2D eigenvalue weighted by Crippen LogP contribution is 2.32. The third-order valence-corrected chi connectivity index (χ3v) is 4.42. The number of benzene rings is 2. The average Bonchev–Trinajstić information content (AvgIpc) is 2.84. The molecule has 1 heterocycles. The number of rotatable bonds is 5. The van der Waals surface area contributed by atoms with Crippen molar-refractivity contribution in [2.75, 3.05) is 27.7 Å². The van der Waals surface area contributed by atoms with Gasteiger partial charge >= 0.3 is 11.9 Å². The number of aliphatic imine (C=N–C) groups is 1. The Hall–Kier alpha value is -3.45. The fourth-order valence-corrected chi connectivity index (χ4v) is 3.09. The molecule has 0 fully saturated rings. The summed E-state index contributed by atoms with van der Waals surface area (Å²) in [7, 11) is 6.31. The number of hydrogen-bond acceptors (Lipinski definition) is 5. The smallest absolute Gasteiger partial charge is 0.328 e. The van der Waals surface area contributed by atoms with Crippen molar-refractivity contribution in [2.24, 2.45) is 4.99 Å². The molecule has 2 aromatic rings. The van der Waals surface area contributed by atoms with Crippen molar-refractivity contribution in [3.05, 3.63) is 83.4 Å². The van der Waals surface area contributed by atoms with Crippen molar-refractivity contribution >= 4 is 17.8 Å². The summed E-state index contributed by atoms with van der Waals surface area (Å²) in [6.45, 7) is 1.76. The maximum atomic E-state index is 9.55.